The van der Waals surface area contributed by atoms with Crippen LogP contribution in [0.5, 0.6) is 5.75 Å². The zero-order chi connectivity index (χ0) is 24.7. The molecule has 1 aliphatic rings. The van der Waals surface area contributed by atoms with Gasteiger partial charge in [-0.1, -0.05) is 43.3 Å². The van der Waals surface area contributed by atoms with E-state index in [1.165, 1.54) is 16.8 Å². The Hall–Kier alpha value is -3.64. The van der Waals surface area contributed by atoms with Crippen molar-refractivity contribution in [2.45, 2.75) is 46.2 Å². The van der Waals surface area contributed by atoms with Crippen LogP contribution < -0.4 is 10.2 Å². The first-order valence-corrected chi connectivity index (χ1v) is 12.4. The predicted molar refractivity (Wildman–Crippen MR) is 145 cm³/mol. The molecule has 5 nitrogen and oxygen atoms in total. The van der Waals surface area contributed by atoms with Crippen LogP contribution in [0.15, 0.2) is 72.9 Å². The second-order valence-corrected chi connectivity index (χ2v) is 9.47. The number of phenolic OH excluding ortho intramolecular Hbond substituents is 1. The molecule has 1 aliphatic heterocycles. The molecule has 178 valence electrons. The molecular weight excluding hydrogens is 452 g/mol. The van der Waals surface area contributed by atoms with Crippen molar-refractivity contribution in [2.75, 3.05) is 4.90 Å². The second-order valence-electron chi connectivity index (χ2n) is 9.08. The molecule has 0 spiro atoms. The Kier molecular flexibility index (Phi) is 6.07. The third kappa shape index (κ3) is 3.88. The number of hydrogen-bond acceptors (Lipinski definition) is 3. The molecule has 0 saturated carbocycles. The second kappa shape index (κ2) is 9.19. The normalized spacial score (nSPS) is 17.6. The summed E-state index contributed by atoms with van der Waals surface area (Å²) in [6.45, 7) is 8.70. The number of benzene rings is 2. The lowest BCUT2D eigenvalue weighted by Gasteiger charge is -2.28. The maximum Gasteiger partial charge on any atom is 0.174 e. The van der Waals surface area contributed by atoms with Gasteiger partial charge in [0.15, 0.2) is 5.11 Å². The number of nitrogens with one attached hydrogen (secondary N) is 1. The van der Waals surface area contributed by atoms with Crippen molar-refractivity contribution < 1.29 is 5.11 Å². The highest BCUT2D eigenvalue weighted by atomic mass is 32.1. The van der Waals surface area contributed by atoms with Crippen molar-refractivity contribution in [1.82, 2.24) is 14.9 Å². The van der Waals surface area contributed by atoms with Gasteiger partial charge in [0.25, 0.3) is 0 Å². The quantitative estimate of drug-likeness (QED) is 0.330. The standard InChI is InChI=1S/C29H30N4OS/c1-5-21-12-10-11-18(2)27(21)32-19(3)17-22(20(32)4)28-26(23-13-8-9-16-30-23)31-29(35)33(28)24-14-6-7-15-25(24)34/h6-17,26,28,34H,5H2,1-4H3,(H,31,35)/t26-,28-/m0/s1. The molecule has 0 bridgehead atoms. The number of anilines is 1. The average molecular weight is 483 g/mol. The van der Waals surface area contributed by atoms with E-state index in [0.717, 1.165) is 29.1 Å². The van der Waals surface area contributed by atoms with Crippen LogP contribution in [0.25, 0.3) is 5.69 Å². The number of aromatic hydroxyl groups is 1. The molecule has 4 aromatic rings. The zero-order valence-electron chi connectivity index (χ0n) is 20.5. The van der Waals surface area contributed by atoms with E-state index in [1.54, 1.807) is 6.07 Å². The van der Waals surface area contributed by atoms with Gasteiger partial charge < -0.3 is 19.9 Å². The fraction of sp³-hybridized carbons (Fsp3) is 0.241. The molecule has 35 heavy (non-hydrogen) atoms. The van der Waals surface area contributed by atoms with Crippen molar-refractivity contribution in [3.05, 3.63) is 107 Å². The third-order valence-corrected chi connectivity index (χ3v) is 7.27. The van der Waals surface area contributed by atoms with E-state index in [2.05, 4.69) is 66.8 Å². The van der Waals surface area contributed by atoms with Gasteiger partial charge >= 0.3 is 0 Å². The molecule has 2 atom stereocenters. The molecule has 0 radical (unpaired) electrons. The first kappa shape index (κ1) is 23.1. The number of thiocarbonyl (C=S) groups is 1. The fourth-order valence-corrected chi connectivity index (χ4v) is 5.69. The molecule has 2 aromatic carbocycles. The molecule has 2 N–H and O–H groups in total. The number of hydrogen-bond donors (Lipinski definition) is 2. The van der Waals surface area contributed by atoms with Crippen LogP contribution in [0, 0.1) is 20.8 Å². The summed E-state index contributed by atoms with van der Waals surface area (Å²) in [7, 11) is 0. The van der Waals surface area contributed by atoms with Crippen LogP contribution in [0.4, 0.5) is 5.69 Å². The SMILES string of the molecule is CCc1cccc(C)c1-n1c(C)cc([C@H]2[C@H](c3ccccn3)NC(=S)N2c2ccccc2O)c1C. The molecule has 0 unspecified atom stereocenters. The molecule has 5 rings (SSSR count). The van der Waals surface area contributed by atoms with E-state index < -0.39 is 0 Å². The molecule has 0 amide bonds. The maximum atomic E-state index is 10.8. The van der Waals surface area contributed by atoms with Gasteiger partial charge in [0.05, 0.1) is 29.2 Å². The molecule has 6 heteroatoms. The number of phenols is 1. The number of rotatable bonds is 5. The lowest BCUT2D eigenvalue weighted by atomic mass is 9.96. The molecule has 1 fully saturated rings. The zero-order valence-corrected chi connectivity index (χ0v) is 21.3. The minimum atomic E-state index is -0.181. The van der Waals surface area contributed by atoms with Crippen molar-refractivity contribution in [1.29, 1.82) is 0 Å². The van der Waals surface area contributed by atoms with E-state index in [-0.39, 0.29) is 17.8 Å². The van der Waals surface area contributed by atoms with Gasteiger partial charge in [-0.25, -0.2) is 0 Å². The van der Waals surface area contributed by atoms with Gasteiger partial charge in [0.2, 0.25) is 0 Å². The number of aromatic nitrogens is 2. The molecule has 0 aliphatic carbocycles. The predicted octanol–water partition coefficient (Wildman–Crippen LogP) is 6.24. The number of aryl methyl sites for hydroxylation is 3. The van der Waals surface area contributed by atoms with Crippen molar-refractivity contribution >= 4 is 23.0 Å². The highest BCUT2D eigenvalue weighted by Crippen LogP contribution is 2.46. The lowest BCUT2D eigenvalue weighted by Crippen LogP contribution is -2.29. The highest BCUT2D eigenvalue weighted by molar-refractivity contribution is 7.80. The largest absolute Gasteiger partial charge is 0.506 e. The lowest BCUT2D eigenvalue weighted by molar-refractivity contribution is 0.472. The summed E-state index contributed by atoms with van der Waals surface area (Å²) in [6, 6.07) is 21.7. The van der Waals surface area contributed by atoms with Gasteiger partial charge in [0, 0.05) is 17.6 Å². The third-order valence-electron chi connectivity index (χ3n) is 6.95. The first-order chi connectivity index (χ1) is 16.9. The van der Waals surface area contributed by atoms with Gasteiger partial charge in [-0.3, -0.25) is 4.98 Å². The van der Waals surface area contributed by atoms with Crippen molar-refractivity contribution in [3.63, 3.8) is 0 Å². The van der Waals surface area contributed by atoms with Crippen LogP contribution in [0.3, 0.4) is 0 Å². The Morgan fingerprint density at radius 3 is 2.49 bits per heavy atom. The van der Waals surface area contributed by atoms with Crippen LogP contribution in [0.1, 0.15) is 52.8 Å². The Labute approximate surface area is 212 Å². The van der Waals surface area contributed by atoms with E-state index in [9.17, 15) is 5.11 Å². The average Bonchev–Trinajstić information content (AvgIpc) is 3.35. The van der Waals surface area contributed by atoms with Gasteiger partial charge in [-0.15, -0.1) is 0 Å². The summed E-state index contributed by atoms with van der Waals surface area (Å²) in [5, 5.41) is 14.8. The fourth-order valence-electron chi connectivity index (χ4n) is 5.35. The Morgan fingerprint density at radius 1 is 1.00 bits per heavy atom. The van der Waals surface area contributed by atoms with E-state index in [0.29, 0.717) is 10.8 Å². The summed E-state index contributed by atoms with van der Waals surface area (Å²) < 4.78 is 2.36. The van der Waals surface area contributed by atoms with Crippen LogP contribution in [-0.4, -0.2) is 19.8 Å². The Balaban J connectivity index is 1.73. The molecule has 2 aromatic heterocycles. The smallest absolute Gasteiger partial charge is 0.174 e. The van der Waals surface area contributed by atoms with Gasteiger partial charge in [0.1, 0.15) is 5.75 Å². The highest BCUT2D eigenvalue weighted by Gasteiger charge is 2.43. The number of pyridine rings is 1. The van der Waals surface area contributed by atoms with Crippen LogP contribution >= 0.6 is 12.2 Å². The maximum absolute atomic E-state index is 10.8. The Morgan fingerprint density at radius 2 is 1.77 bits per heavy atom. The number of para-hydroxylation sites is 3. The topological polar surface area (TPSA) is 53.3 Å². The minimum Gasteiger partial charge on any atom is -0.506 e. The Bertz CT molecular complexity index is 1400. The van der Waals surface area contributed by atoms with Gasteiger partial charge in [-0.2, -0.15) is 0 Å². The monoisotopic (exact) mass is 482 g/mol. The van der Waals surface area contributed by atoms with Crippen molar-refractivity contribution in [2.24, 2.45) is 0 Å². The molecular formula is C29H30N4OS. The van der Waals surface area contributed by atoms with E-state index >= 15 is 0 Å². The summed E-state index contributed by atoms with van der Waals surface area (Å²) in [4.78, 5) is 6.70. The number of nitrogens with zero attached hydrogens (tertiary/aromatic N) is 3. The first-order valence-electron chi connectivity index (χ1n) is 12.0. The molecule has 3 heterocycles. The molecule has 1 saturated heterocycles. The minimum absolute atomic E-state index is 0.167. The van der Waals surface area contributed by atoms with Crippen LogP contribution in [0.2, 0.25) is 0 Å². The van der Waals surface area contributed by atoms with Crippen LogP contribution in [-0.2, 0) is 6.42 Å². The van der Waals surface area contributed by atoms with Crippen molar-refractivity contribution in [3.8, 4) is 11.4 Å². The van der Waals surface area contributed by atoms with Gasteiger partial charge in [-0.05, 0) is 86.4 Å². The summed E-state index contributed by atoms with van der Waals surface area (Å²) in [6.07, 6.45) is 2.77. The van der Waals surface area contributed by atoms with E-state index in [1.807, 2.05) is 47.5 Å². The summed E-state index contributed by atoms with van der Waals surface area (Å²) in [5.74, 6) is 0.198. The van der Waals surface area contributed by atoms with E-state index in [4.69, 9.17) is 12.2 Å². The summed E-state index contributed by atoms with van der Waals surface area (Å²) >= 11 is 5.84. The summed E-state index contributed by atoms with van der Waals surface area (Å²) in [5.41, 5.74) is 8.87.